The molecule has 0 fully saturated rings. The minimum absolute atomic E-state index is 0.104. The quantitative estimate of drug-likeness (QED) is 0.363. The molecule has 0 unspecified atom stereocenters. The van der Waals surface area contributed by atoms with Gasteiger partial charge in [-0.05, 0) is 18.2 Å². The molecule has 0 saturated heterocycles. The fraction of sp³-hybridized carbons (Fsp3) is 0.0952. The normalized spacial score (nSPS) is 12.8. The highest BCUT2D eigenvalue weighted by atomic mass is 16.6. The van der Waals surface area contributed by atoms with Crippen LogP contribution in [0.15, 0.2) is 65.7 Å². The highest BCUT2D eigenvalue weighted by Crippen LogP contribution is 2.24. The third kappa shape index (κ3) is 3.43. The Bertz CT molecular complexity index is 1120. The maximum Gasteiger partial charge on any atom is 0.338 e. The van der Waals surface area contributed by atoms with Crippen LogP contribution < -0.4 is 0 Å². The molecule has 1 aromatic heterocycles. The summed E-state index contributed by atoms with van der Waals surface area (Å²) in [6.07, 6.45) is 1.46. The minimum Gasteiger partial charge on any atom is -0.452 e. The lowest BCUT2D eigenvalue weighted by molar-refractivity contribution is 0.0429. The molecule has 1 aliphatic rings. The summed E-state index contributed by atoms with van der Waals surface area (Å²) in [5.41, 5.74) is 1.33. The number of rotatable bonds is 6. The van der Waals surface area contributed by atoms with Crippen LogP contribution in [0.25, 0.3) is 11.4 Å². The SMILES string of the molecule is C=CCN1C(=O)c2ccc(C(=O)OCc3nc(-c4ccccc4)no3)cc2C1=O. The lowest BCUT2D eigenvalue weighted by Gasteiger charge is -2.09. The van der Waals surface area contributed by atoms with Gasteiger partial charge in [0.2, 0.25) is 5.82 Å². The minimum atomic E-state index is -0.672. The molecule has 0 radical (unpaired) electrons. The van der Waals surface area contributed by atoms with E-state index in [0.717, 1.165) is 10.5 Å². The first kappa shape index (κ1) is 18.3. The average molecular weight is 389 g/mol. The number of carbonyl (C=O) groups is 3. The Morgan fingerprint density at radius 1 is 1.10 bits per heavy atom. The monoisotopic (exact) mass is 389 g/mol. The van der Waals surface area contributed by atoms with Crippen molar-refractivity contribution in [2.45, 2.75) is 6.61 Å². The second kappa shape index (κ2) is 7.51. The average Bonchev–Trinajstić information content (AvgIpc) is 3.32. The largest absolute Gasteiger partial charge is 0.452 e. The van der Waals surface area contributed by atoms with Crippen LogP contribution in [-0.4, -0.2) is 39.4 Å². The van der Waals surface area contributed by atoms with Crippen molar-refractivity contribution in [1.29, 1.82) is 0 Å². The summed E-state index contributed by atoms with van der Waals surface area (Å²) in [6, 6.07) is 13.5. The second-order valence-electron chi connectivity index (χ2n) is 6.22. The van der Waals surface area contributed by atoms with Crippen LogP contribution in [0.3, 0.4) is 0 Å². The molecule has 8 nitrogen and oxygen atoms in total. The van der Waals surface area contributed by atoms with Gasteiger partial charge in [0, 0.05) is 12.1 Å². The molecule has 0 spiro atoms. The van der Waals surface area contributed by atoms with Crippen molar-refractivity contribution in [2.24, 2.45) is 0 Å². The Kier molecular flexibility index (Phi) is 4.74. The van der Waals surface area contributed by atoms with Gasteiger partial charge in [0.1, 0.15) is 0 Å². The number of fused-ring (bicyclic) bond motifs is 1. The van der Waals surface area contributed by atoms with Gasteiger partial charge in [-0.25, -0.2) is 4.79 Å². The number of benzene rings is 2. The summed E-state index contributed by atoms with van der Waals surface area (Å²) in [4.78, 5) is 42.2. The zero-order valence-corrected chi connectivity index (χ0v) is 15.2. The highest BCUT2D eigenvalue weighted by molar-refractivity contribution is 6.22. The van der Waals surface area contributed by atoms with Crippen LogP contribution >= 0.6 is 0 Å². The molecule has 0 atom stereocenters. The zero-order chi connectivity index (χ0) is 20.4. The highest BCUT2D eigenvalue weighted by Gasteiger charge is 2.35. The van der Waals surface area contributed by atoms with Crippen LogP contribution in [0.2, 0.25) is 0 Å². The fourth-order valence-electron chi connectivity index (χ4n) is 2.94. The first-order chi connectivity index (χ1) is 14.1. The Labute approximate surface area is 165 Å². The van der Waals surface area contributed by atoms with Gasteiger partial charge >= 0.3 is 5.97 Å². The van der Waals surface area contributed by atoms with E-state index in [2.05, 4.69) is 16.7 Å². The van der Waals surface area contributed by atoms with Gasteiger partial charge < -0.3 is 9.26 Å². The number of hydrogen-bond acceptors (Lipinski definition) is 7. The topological polar surface area (TPSA) is 103 Å². The number of esters is 1. The molecule has 144 valence electrons. The summed E-state index contributed by atoms with van der Waals surface area (Å²) in [7, 11) is 0. The fourth-order valence-corrected chi connectivity index (χ4v) is 2.94. The van der Waals surface area contributed by atoms with Crippen molar-refractivity contribution in [2.75, 3.05) is 6.54 Å². The lowest BCUT2D eigenvalue weighted by Crippen LogP contribution is -2.29. The van der Waals surface area contributed by atoms with Gasteiger partial charge in [-0.15, -0.1) is 6.58 Å². The van der Waals surface area contributed by atoms with Gasteiger partial charge in [0.05, 0.1) is 16.7 Å². The third-order valence-corrected chi connectivity index (χ3v) is 4.34. The standard InChI is InChI=1S/C21H15N3O5/c1-2-10-24-19(25)15-9-8-14(11-16(15)20(24)26)21(27)28-12-17-22-18(23-29-17)13-6-4-3-5-7-13/h2-9,11H,1,10,12H2. The van der Waals surface area contributed by atoms with E-state index in [1.807, 2.05) is 30.3 Å². The summed E-state index contributed by atoms with van der Waals surface area (Å²) < 4.78 is 10.3. The molecule has 2 amide bonds. The van der Waals surface area contributed by atoms with Crippen molar-refractivity contribution in [3.63, 3.8) is 0 Å². The Balaban J connectivity index is 1.45. The van der Waals surface area contributed by atoms with Crippen LogP contribution in [0, 0.1) is 0 Å². The molecule has 1 aliphatic heterocycles. The summed E-state index contributed by atoms with van der Waals surface area (Å²) in [6.45, 7) is 3.42. The Morgan fingerprint density at radius 2 is 1.86 bits per heavy atom. The predicted octanol–water partition coefficient (Wildman–Crippen LogP) is 2.88. The molecule has 8 heteroatoms. The second-order valence-corrected chi connectivity index (χ2v) is 6.22. The van der Waals surface area contributed by atoms with Gasteiger partial charge in [0.15, 0.2) is 6.61 Å². The van der Waals surface area contributed by atoms with Gasteiger partial charge in [0.25, 0.3) is 17.7 Å². The molecule has 3 aromatic rings. The smallest absolute Gasteiger partial charge is 0.338 e. The van der Waals surface area contributed by atoms with E-state index in [1.54, 1.807) is 0 Å². The van der Waals surface area contributed by atoms with E-state index >= 15 is 0 Å². The predicted molar refractivity (Wildman–Crippen MR) is 101 cm³/mol. The Morgan fingerprint density at radius 3 is 2.62 bits per heavy atom. The van der Waals surface area contributed by atoms with Crippen LogP contribution in [0.5, 0.6) is 0 Å². The maximum absolute atomic E-state index is 12.4. The number of nitrogens with zero attached hydrogens (tertiary/aromatic N) is 3. The van der Waals surface area contributed by atoms with Crippen LogP contribution in [-0.2, 0) is 11.3 Å². The number of hydrogen-bond donors (Lipinski definition) is 0. The van der Waals surface area contributed by atoms with E-state index < -0.39 is 17.8 Å². The van der Waals surface area contributed by atoms with Crippen molar-refractivity contribution in [3.05, 3.63) is 83.8 Å². The van der Waals surface area contributed by atoms with Gasteiger partial charge in [-0.2, -0.15) is 4.98 Å². The molecule has 2 aromatic carbocycles. The molecule has 0 bridgehead atoms. The summed E-state index contributed by atoms with van der Waals surface area (Å²) >= 11 is 0. The van der Waals surface area contributed by atoms with E-state index in [0.29, 0.717) is 5.82 Å². The molecule has 0 aliphatic carbocycles. The zero-order valence-electron chi connectivity index (χ0n) is 15.2. The molecule has 2 heterocycles. The van der Waals surface area contributed by atoms with Gasteiger partial charge in [-0.1, -0.05) is 41.6 Å². The summed E-state index contributed by atoms with van der Waals surface area (Å²) in [5, 5.41) is 3.86. The summed E-state index contributed by atoms with van der Waals surface area (Å²) in [5.74, 6) is -1.02. The number of amides is 2. The maximum atomic E-state index is 12.4. The van der Waals surface area contributed by atoms with Crippen molar-refractivity contribution in [3.8, 4) is 11.4 Å². The first-order valence-corrected chi connectivity index (χ1v) is 8.74. The number of imide groups is 1. The van der Waals surface area contributed by atoms with Crippen molar-refractivity contribution in [1.82, 2.24) is 15.0 Å². The number of aromatic nitrogens is 2. The van der Waals surface area contributed by atoms with Crippen molar-refractivity contribution < 1.29 is 23.6 Å². The van der Waals surface area contributed by atoms with E-state index in [1.165, 1.54) is 24.3 Å². The first-order valence-electron chi connectivity index (χ1n) is 8.74. The molecule has 0 saturated carbocycles. The number of carbonyl (C=O) groups excluding carboxylic acids is 3. The van der Waals surface area contributed by atoms with Crippen molar-refractivity contribution >= 4 is 17.8 Å². The van der Waals surface area contributed by atoms with Crippen LogP contribution in [0.1, 0.15) is 37.0 Å². The van der Waals surface area contributed by atoms with E-state index in [9.17, 15) is 14.4 Å². The number of ether oxygens (including phenoxy) is 1. The van der Waals surface area contributed by atoms with Gasteiger partial charge in [-0.3, -0.25) is 14.5 Å². The molecule has 4 rings (SSSR count). The third-order valence-electron chi connectivity index (χ3n) is 4.34. The Hall–Kier alpha value is -4.07. The van der Waals surface area contributed by atoms with E-state index in [-0.39, 0.29) is 35.7 Å². The van der Waals surface area contributed by atoms with Crippen LogP contribution in [0.4, 0.5) is 0 Å². The molecule has 29 heavy (non-hydrogen) atoms. The molecular formula is C21H15N3O5. The molecular weight excluding hydrogens is 374 g/mol. The van der Waals surface area contributed by atoms with E-state index in [4.69, 9.17) is 9.26 Å². The molecule has 0 N–H and O–H groups in total. The lowest BCUT2D eigenvalue weighted by atomic mass is 10.1.